The fraction of sp³-hybridized carbons (Fsp3) is 0.500. The van der Waals surface area contributed by atoms with Crippen molar-refractivity contribution in [2.45, 2.75) is 37.8 Å². The molecule has 2 fully saturated rings. The third-order valence-electron chi connectivity index (χ3n) is 4.36. The van der Waals surface area contributed by atoms with Crippen LogP contribution in [0.25, 0.3) is 0 Å². The van der Waals surface area contributed by atoms with E-state index in [1.807, 2.05) is 0 Å². The Kier molecular flexibility index (Phi) is 4.14. The number of sulfone groups is 1. The Balaban J connectivity index is 1.75. The molecule has 1 aromatic rings. The first-order valence-corrected chi connectivity index (χ1v) is 9.52. The molecule has 6 nitrogen and oxygen atoms in total. The SMILES string of the molecule is O=C(O)c1cccc(CC(=O)N(C2CC2)C2CCS(=O)(=O)C2)c1. The normalized spacial score (nSPS) is 22.7. The Morgan fingerprint density at radius 3 is 2.48 bits per heavy atom. The minimum absolute atomic E-state index is 0.0460. The first kappa shape index (κ1) is 16.0. The Hall–Kier alpha value is -1.89. The van der Waals surface area contributed by atoms with Gasteiger partial charge in [-0.25, -0.2) is 13.2 Å². The molecule has 1 amide bonds. The summed E-state index contributed by atoms with van der Waals surface area (Å²) in [6.07, 6.45) is 2.43. The van der Waals surface area contributed by atoms with E-state index in [9.17, 15) is 18.0 Å². The monoisotopic (exact) mass is 337 g/mol. The molecule has 0 spiro atoms. The van der Waals surface area contributed by atoms with Crippen molar-refractivity contribution in [3.05, 3.63) is 35.4 Å². The second-order valence-corrected chi connectivity index (χ2v) is 8.50. The second-order valence-electron chi connectivity index (χ2n) is 6.27. The summed E-state index contributed by atoms with van der Waals surface area (Å²) in [6.45, 7) is 0. The lowest BCUT2D eigenvalue weighted by Gasteiger charge is -2.28. The third-order valence-corrected chi connectivity index (χ3v) is 6.11. The van der Waals surface area contributed by atoms with Crippen molar-refractivity contribution in [1.29, 1.82) is 0 Å². The van der Waals surface area contributed by atoms with Gasteiger partial charge in [0.2, 0.25) is 5.91 Å². The summed E-state index contributed by atoms with van der Waals surface area (Å²) in [5, 5.41) is 9.02. The van der Waals surface area contributed by atoms with Crippen molar-refractivity contribution in [2.24, 2.45) is 0 Å². The predicted molar refractivity (Wildman–Crippen MR) is 84.0 cm³/mol. The zero-order valence-corrected chi connectivity index (χ0v) is 13.5. The average molecular weight is 337 g/mol. The number of carbonyl (C=O) groups excluding carboxylic acids is 1. The van der Waals surface area contributed by atoms with E-state index >= 15 is 0 Å². The molecule has 1 atom stereocenters. The van der Waals surface area contributed by atoms with Crippen LogP contribution in [-0.4, -0.2) is 53.9 Å². The molecule has 3 rings (SSSR count). The van der Waals surface area contributed by atoms with Gasteiger partial charge >= 0.3 is 5.97 Å². The summed E-state index contributed by atoms with van der Waals surface area (Å²) in [6, 6.07) is 6.23. The number of carbonyl (C=O) groups is 2. The zero-order valence-electron chi connectivity index (χ0n) is 12.6. The summed E-state index contributed by atoms with van der Waals surface area (Å²) < 4.78 is 23.4. The number of carboxylic acids is 1. The second kappa shape index (κ2) is 5.96. The van der Waals surface area contributed by atoms with Gasteiger partial charge in [-0.15, -0.1) is 0 Å². The zero-order chi connectivity index (χ0) is 16.6. The van der Waals surface area contributed by atoms with E-state index in [0.717, 1.165) is 12.8 Å². The summed E-state index contributed by atoms with van der Waals surface area (Å²) in [5.41, 5.74) is 0.790. The first-order valence-electron chi connectivity index (χ1n) is 7.69. The number of hydrogen-bond acceptors (Lipinski definition) is 4. The Morgan fingerprint density at radius 2 is 1.91 bits per heavy atom. The number of rotatable bonds is 5. The Bertz CT molecular complexity index is 739. The van der Waals surface area contributed by atoms with E-state index in [2.05, 4.69) is 0 Å². The van der Waals surface area contributed by atoms with E-state index in [-0.39, 0.29) is 41.5 Å². The number of aromatic carboxylic acids is 1. The standard InChI is InChI=1S/C16H19NO5S/c18-15(9-11-2-1-3-12(8-11)16(19)20)17(13-4-5-13)14-6-7-23(21,22)10-14/h1-3,8,13-14H,4-7,9-10H2,(H,19,20). The van der Waals surface area contributed by atoms with Gasteiger partial charge in [-0.2, -0.15) is 0 Å². The number of amides is 1. The van der Waals surface area contributed by atoms with Crippen LogP contribution < -0.4 is 0 Å². The average Bonchev–Trinajstić information content (AvgIpc) is 3.23. The summed E-state index contributed by atoms with van der Waals surface area (Å²) >= 11 is 0. The molecule has 7 heteroatoms. The van der Waals surface area contributed by atoms with Gasteiger partial charge in [-0.05, 0) is 37.0 Å². The fourth-order valence-electron chi connectivity index (χ4n) is 3.13. The molecule has 0 radical (unpaired) electrons. The van der Waals surface area contributed by atoms with Crippen LogP contribution >= 0.6 is 0 Å². The molecule has 0 aromatic heterocycles. The molecule has 1 unspecified atom stereocenters. The lowest BCUT2D eigenvalue weighted by molar-refractivity contribution is -0.133. The van der Waals surface area contributed by atoms with Gasteiger partial charge < -0.3 is 10.0 Å². The van der Waals surface area contributed by atoms with Crippen LogP contribution in [0.1, 0.15) is 35.2 Å². The maximum atomic E-state index is 12.7. The molecule has 1 aromatic carbocycles. The van der Waals surface area contributed by atoms with Gasteiger partial charge in [0.05, 0.1) is 23.5 Å². The highest BCUT2D eigenvalue weighted by Crippen LogP contribution is 2.32. The van der Waals surface area contributed by atoms with Crippen molar-refractivity contribution in [1.82, 2.24) is 4.90 Å². The van der Waals surface area contributed by atoms with Gasteiger partial charge in [0.15, 0.2) is 9.84 Å². The molecule has 2 aliphatic rings. The molecule has 1 heterocycles. The van der Waals surface area contributed by atoms with E-state index in [0.29, 0.717) is 12.0 Å². The topological polar surface area (TPSA) is 91.8 Å². The molecule has 1 N–H and O–H groups in total. The number of benzene rings is 1. The highest BCUT2D eigenvalue weighted by Gasteiger charge is 2.41. The molecular weight excluding hydrogens is 318 g/mol. The minimum Gasteiger partial charge on any atom is -0.478 e. The lowest BCUT2D eigenvalue weighted by Crippen LogP contribution is -2.43. The molecule has 124 valence electrons. The van der Waals surface area contributed by atoms with Crippen molar-refractivity contribution in [3.8, 4) is 0 Å². The van der Waals surface area contributed by atoms with Gasteiger partial charge in [-0.1, -0.05) is 12.1 Å². The van der Waals surface area contributed by atoms with Crippen LogP contribution in [0, 0.1) is 0 Å². The summed E-state index contributed by atoms with van der Waals surface area (Å²) in [5.74, 6) is -0.954. The number of carboxylic acid groups (broad SMARTS) is 1. The van der Waals surface area contributed by atoms with Crippen molar-refractivity contribution >= 4 is 21.7 Å². The van der Waals surface area contributed by atoms with Crippen LogP contribution in [0.15, 0.2) is 24.3 Å². The summed E-state index contributed by atoms with van der Waals surface area (Å²) in [7, 11) is -3.04. The van der Waals surface area contributed by atoms with E-state index in [4.69, 9.17) is 5.11 Å². The highest BCUT2D eigenvalue weighted by atomic mass is 32.2. The summed E-state index contributed by atoms with van der Waals surface area (Å²) in [4.78, 5) is 25.4. The number of nitrogens with zero attached hydrogens (tertiary/aromatic N) is 1. The van der Waals surface area contributed by atoms with Crippen LogP contribution in [0.2, 0.25) is 0 Å². The molecule has 1 aliphatic heterocycles. The van der Waals surface area contributed by atoms with Crippen LogP contribution in [0.3, 0.4) is 0 Å². The van der Waals surface area contributed by atoms with Crippen LogP contribution in [0.5, 0.6) is 0 Å². The fourth-order valence-corrected chi connectivity index (χ4v) is 4.84. The molecule has 23 heavy (non-hydrogen) atoms. The highest BCUT2D eigenvalue weighted by molar-refractivity contribution is 7.91. The Morgan fingerprint density at radius 1 is 1.17 bits per heavy atom. The van der Waals surface area contributed by atoms with Gasteiger partial charge in [0, 0.05) is 12.1 Å². The molecule has 1 aliphatic carbocycles. The van der Waals surface area contributed by atoms with Crippen molar-refractivity contribution in [3.63, 3.8) is 0 Å². The third kappa shape index (κ3) is 3.72. The van der Waals surface area contributed by atoms with Crippen molar-refractivity contribution in [2.75, 3.05) is 11.5 Å². The Labute approximate surface area is 135 Å². The number of hydrogen-bond donors (Lipinski definition) is 1. The van der Waals surface area contributed by atoms with Gasteiger partial charge in [0.25, 0.3) is 0 Å². The smallest absolute Gasteiger partial charge is 0.335 e. The van der Waals surface area contributed by atoms with Gasteiger partial charge in [-0.3, -0.25) is 4.79 Å². The molecular formula is C16H19NO5S. The lowest BCUT2D eigenvalue weighted by atomic mass is 10.1. The van der Waals surface area contributed by atoms with E-state index in [1.54, 1.807) is 17.0 Å². The van der Waals surface area contributed by atoms with E-state index < -0.39 is 15.8 Å². The quantitative estimate of drug-likeness (QED) is 0.869. The van der Waals surface area contributed by atoms with Crippen LogP contribution in [0.4, 0.5) is 0 Å². The minimum atomic E-state index is -3.04. The molecule has 1 saturated carbocycles. The van der Waals surface area contributed by atoms with Crippen LogP contribution in [-0.2, 0) is 21.1 Å². The first-order chi connectivity index (χ1) is 10.9. The molecule has 1 saturated heterocycles. The van der Waals surface area contributed by atoms with Crippen molar-refractivity contribution < 1.29 is 23.1 Å². The maximum Gasteiger partial charge on any atom is 0.335 e. The predicted octanol–water partition coefficient (Wildman–Crippen LogP) is 1.11. The molecule has 0 bridgehead atoms. The maximum absolute atomic E-state index is 12.7. The largest absolute Gasteiger partial charge is 0.478 e. The van der Waals surface area contributed by atoms with Gasteiger partial charge in [0.1, 0.15) is 0 Å². The van der Waals surface area contributed by atoms with E-state index in [1.165, 1.54) is 12.1 Å².